The lowest BCUT2D eigenvalue weighted by atomic mass is 10.1. The fraction of sp³-hybridized carbons (Fsp3) is 0.740. The summed E-state index contributed by atoms with van der Waals surface area (Å²) in [5.41, 5.74) is -1.67. The second-order valence-corrected chi connectivity index (χ2v) is 24.6. The first-order valence-corrected chi connectivity index (χ1v) is 27.4. The van der Waals surface area contributed by atoms with Gasteiger partial charge in [-0.25, -0.2) is 0 Å². The highest BCUT2D eigenvalue weighted by atomic mass is 31.2. The molecule has 392 valence electrons. The molecule has 0 bridgehead atoms. The molecule has 0 aliphatic heterocycles. The highest BCUT2D eigenvalue weighted by Crippen LogP contribution is 2.57. The lowest BCUT2D eigenvalue weighted by Gasteiger charge is -2.41. The summed E-state index contributed by atoms with van der Waals surface area (Å²) in [6.45, 7) is 27.2. The van der Waals surface area contributed by atoms with Crippen LogP contribution in [0.1, 0.15) is 133 Å². The molecule has 2 rings (SSSR count). The van der Waals surface area contributed by atoms with E-state index in [1.54, 1.807) is 14.2 Å². The summed E-state index contributed by atoms with van der Waals surface area (Å²) >= 11 is 0. The average molecular weight is 1000 g/mol. The Morgan fingerprint density at radius 3 is 1.50 bits per heavy atom. The average Bonchev–Trinajstić information content (AvgIpc) is 3.18. The Morgan fingerprint density at radius 2 is 1.06 bits per heavy atom. The van der Waals surface area contributed by atoms with Crippen molar-refractivity contribution >= 4 is 21.1 Å². The minimum atomic E-state index is -3.94. The van der Waals surface area contributed by atoms with E-state index in [1.807, 2.05) is 139 Å². The molecule has 18 heteroatoms. The molecule has 2 aromatic rings. The number of unbranched alkanes of at least 4 members (excludes halogenated alkanes) is 1. The maximum Gasteiger partial charge on any atom is 0.345 e. The molecule has 0 aromatic heterocycles. The first kappa shape index (κ1) is 61.7. The number of ether oxygens (including phenoxy) is 6. The van der Waals surface area contributed by atoms with E-state index in [9.17, 15) is 4.79 Å². The van der Waals surface area contributed by atoms with E-state index in [1.165, 1.54) is 0 Å². The Kier molecular flexibility index (Phi) is 27.0. The van der Waals surface area contributed by atoms with Crippen molar-refractivity contribution in [3.05, 3.63) is 59.7 Å². The number of rotatable bonds is 34. The minimum Gasteiger partial charge on any atom is -0.467 e. The van der Waals surface area contributed by atoms with E-state index >= 15 is 9.13 Å². The highest BCUT2D eigenvalue weighted by Gasteiger charge is 2.41. The second kappa shape index (κ2) is 29.8. The van der Waals surface area contributed by atoms with Gasteiger partial charge in [-0.3, -0.25) is 23.7 Å². The van der Waals surface area contributed by atoms with E-state index in [-0.39, 0.29) is 45.2 Å². The molecule has 16 nitrogen and oxygen atoms in total. The number of nitrogens with one attached hydrogen (secondary N) is 1. The third-order valence-corrected chi connectivity index (χ3v) is 14.1. The van der Waals surface area contributed by atoms with Crippen LogP contribution in [0.2, 0.25) is 0 Å². The van der Waals surface area contributed by atoms with Gasteiger partial charge in [0.2, 0.25) is 5.91 Å². The molecule has 68 heavy (non-hydrogen) atoms. The van der Waals surface area contributed by atoms with Crippen LogP contribution < -0.4 is 14.8 Å². The summed E-state index contributed by atoms with van der Waals surface area (Å²) in [6.07, 6.45) is 2.97. The van der Waals surface area contributed by atoms with Gasteiger partial charge in [0.1, 0.15) is 24.1 Å². The molecule has 0 saturated carbocycles. The summed E-state index contributed by atoms with van der Waals surface area (Å²) in [5, 5.41) is 3.05. The third-order valence-electron chi connectivity index (χ3n) is 9.30. The minimum absolute atomic E-state index is 0.0000739. The van der Waals surface area contributed by atoms with Gasteiger partial charge in [0, 0.05) is 64.0 Å². The van der Waals surface area contributed by atoms with Crippen molar-refractivity contribution in [2.24, 2.45) is 0 Å². The standard InChI is InChI=1S/C50H89N3O13P2/c1-16-23-46(54)51-29-22-21-26-43(53(38-68(56,65-49(8,9)10)66-50(11,12)13)35-42-25-18-20-28-45(42)62-40-60-33-31-58-15)36-52(37-67(55,63-47(2,3)4)64-48(5,6)7)34-41-24-17-19-27-44(41)61-39-59-32-30-57-14/h17-20,24-25,27-28,43H,16,21-23,26,29-40H2,1-15H3,(H,51,54). The van der Waals surface area contributed by atoms with Crippen LogP contribution in [0.5, 0.6) is 11.5 Å². The first-order chi connectivity index (χ1) is 31.7. The molecule has 1 atom stereocenters. The molecule has 0 saturated heterocycles. The molecule has 0 aliphatic carbocycles. The molecule has 0 radical (unpaired) electrons. The predicted molar refractivity (Wildman–Crippen MR) is 269 cm³/mol. The molecule has 1 amide bonds. The monoisotopic (exact) mass is 1000 g/mol. The van der Waals surface area contributed by atoms with Crippen LogP contribution in [0.25, 0.3) is 0 Å². The van der Waals surface area contributed by atoms with Crippen molar-refractivity contribution in [3.8, 4) is 11.5 Å². The maximum atomic E-state index is 15.4. The molecule has 0 heterocycles. The number of nitrogens with zero attached hydrogens (tertiary/aromatic N) is 2. The highest BCUT2D eigenvalue weighted by molar-refractivity contribution is 7.54. The largest absolute Gasteiger partial charge is 0.467 e. The van der Waals surface area contributed by atoms with Crippen molar-refractivity contribution in [1.29, 1.82) is 0 Å². The van der Waals surface area contributed by atoms with E-state index in [0.29, 0.717) is 76.7 Å². The topological polar surface area (TPSA) is 162 Å². The Labute approximate surface area is 410 Å². The van der Waals surface area contributed by atoms with Gasteiger partial charge in [0.25, 0.3) is 0 Å². The Balaban J connectivity index is 2.91. The quantitative estimate of drug-likeness (QED) is 0.0400. The number of hydrogen-bond donors (Lipinski definition) is 1. The number of carbonyl (C=O) groups is 1. The van der Waals surface area contributed by atoms with E-state index in [2.05, 4.69) is 15.1 Å². The zero-order chi connectivity index (χ0) is 51.1. The molecule has 0 fully saturated rings. The van der Waals surface area contributed by atoms with Crippen LogP contribution in [0.4, 0.5) is 0 Å². The molecular formula is C50H89N3O13P2. The Hall–Kier alpha value is -2.43. The second-order valence-electron chi connectivity index (χ2n) is 20.9. The van der Waals surface area contributed by atoms with E-state index < -0.39 is 43.6 Å². The predicted octanol–water partition coefficient (Wildman–Crippen LogP) is 11.0. The van der Waals surface area contributed by atoms with Gasteiger partial charge in [0.15, 0.2) is 13.6 Å². The maximum absolute atomic E-state index is 15.4. The van der Waals surface area contributed by atoms with Crippen LogP contribution in [0.3, 0.4) is 0 Å². The smallest absolute Gasteiger partial charge is 0.345 e. The molecule has 0 spiro atoms. The number of methoxy groups -OCH3 is 2. The third kappa shape index (κ3) is 27.8. The zero-order valence-corrected chi connectivity index (χ0v) is 46.1. The Bertz CT molecular complexity index is 1780. The van der Waals surface area contributed by atoms with Gasteiger partial charge in [-0.05, 0) is 114 Å². The van der Waals surface area contributed by atoms with Crippen LogP contribution in [0, 0.1) is 0 Å². The summed E-state index contributed by atoms with van der Waals surface area (Å²) in [6, 6.07) is 15.0. The van der Waals surface area contributed by atoms with E-state index in [4.69, 9.17) is 46.5 Å². The molecule has 2 aromatic carbocycles. The summed E-state index contributed by atoms with van der Waals surface area (Å²) < 4.78 is 90.5. The van der Waals surface area contributed by atoms with Crippen molar-refractivity contribution in [2.45, 2.75) is 164 Å². The lowest BCUT2D eigenvalue weighted by Crippen LogP contribution is -2.45. The number of hydrogen-bond acceptors (Lipinski definition) is 15. The first-order valence-electron chi connectivity index (χ1n) is 24.0. The summed E-state index contributed by atoms with van der Waals surface area (Å²) in [5.74, 6) is 1.19. The van der Waals surface area contributed by atoms with Crippen LogP contribution in [-0.4, -0.2) is 124 Å². The fourth-order valence-electron chi connectivity index (χ4n) is 7.11. The van der Waals surface area contributed by atoms with Gasteiger partial charge in [-0.1, -0.05) is 49.7 Å². The van der Waals surface area contributed by atoms with Gasteiger partial charge < -0.3 is 51.8 Å². The number of para-hydroxylation sites is 2. The number of amides is 1. The van der Waals surface area contributed by atoms with Crippen molar-refractivity contribution in [3.63, 3.8) is 0 Å². The SMILES string of the molecule is CCCC(=O)NCCCCC(CN(Cc1ccccc1OCOCCOC)CP(=O)(OC(C)(C)C)OC(C)(C)C)N(Cc1ccccc1OCOCCOC)CP(=O)(OC(C)(C)C)OC(C)(C)C. The van der Waals surface area contributed by atoms with Gasteiger partial charge in [-0.2, -0.15) is 0 Å². The number of carbonyl (C=O) groups excluding carboxylic acids is 1. The number of benzene rings is 2. The molecular weight excluding hydrogens is 913 g/mol. The van der Waals surface area contributed by atoms with E-state index in [0.717, 1.165) is 17.5 Å². The van der Waals surface area contributed by atoms with Crippen LogP contribution in [0.15, 0.2) is 48.5 Å². The van der Waals surface area contributed by atoms with Crippen molar-refractivity contribution in [2.75, 3.05) is 79.9 Å². The Morgan fingerprint density at radius 1 is 0.618 bits per heavy atom. The fourth-order valence-corrected chi connectivity index (χ4v) is 12.2. The van der Waals surface area contributed by atoms with Gasteiger partial charge in [-0.15, -0.1) is 0 Å². The van der Waals surface area contributed by atoms with Crippen molar-refractivity contribution < 1.29 is 60.4 Å². The molecule has 1 N–H and O–H groups in total. The molecule has 0 aliphatic rings. The lowest BCUT2D eigenvalue weighted by molar-refractivity contribution is -0.121. The zero-order valence-electron chi connectivity index (χ0n) is 44.3. The van der Waals surface area contributed by atoms with Crippen LogP contribution >= 0.6 is 15.2 Å². The summed E-state index contributed by atoms with van der Waals surface area (Å²) in [4.78, 5) is 16.7. The normalized spacial score (nSPS) is 13.6. The summed E-state index contributed by atoms with van der Waals surface area (Å²) in [7, 11) is -4.62. The molecule has 1 unspecified atom stereocenters. The van der Waals surface area contributed by atoms with Crippen LogP contribution in [-0.2, 0) is 64.1 Å². The van der Waals surface area contributed by atoms with Gasteiger partial charge in [0.05, 0.1) is 48.8 Å². The van der Waals surface area contributed by atoms with Gasteiger partial charge >= 0.3 is 15.2 Å². The van der Waals surface area contributed by atoms with Crippen molar-refractivity contribution in [1.82, 2.24) is 15.1 Å².